The molecular weight excluding hydrogens is 230 g/mol. The Morgan fingerprint density at radius 1 is 1.28 bits per heavy atom. The molecule has 6 heteroatoms. The summed E-state index contributed by atoms with van der Waals surface area (Å²) in [4.78, 5) is 20.5. The summed E-state index contributed by atoms with van der Waals surface area (Å²) in [5.74, 6) is 0. The number of nitrogens with zero attached hydrogens (tertiary/aromatic N) is 5. The molecule has 0 radical (unpaired) electrons. The van der Waals surface area contributed by atoms with Crippen molar-refractivity contribution in [2.24, 2.45) is 7.05 Å². The molecule has 0 saturated carbocycles. The lowest BCUT2D eigenvalue weighted by Crippen LogP contribution is -2.21. The molecule has 3 rings (SSSR count). The molecule has 18 heavy (non-hydrogen) atoms. The molecule has 0 aliphatic heterocycles. The predicted molar refractivity (Wildman–Crippen MR) is 66.1 cm³/mol. The van der Waals surface area contributed by atoms with Crippen LogP contribution in [0.5, 0.6) is 0 Å². The van der Waals surface area contributed by atoms with Crippen LogP contribution < -0.4 is 5.56 Å². The summed E-state index contributed by atoms with van der Waals surface area (Å²) in [5.41, 5.74) is 1.20. The Morgan fingerprint density at radius 3 is 2.94 bits per heavy atom. The van der Waals surface area contributed by atoms with Gasteiger partial charge >= 0.3 is 0 Å². The molecule has 0 amide bonds. The first-order chi connectivity index (χ1) is 8.74. The van der Waals surface area contributed by atoms with Gasteiger partial charge in [0.1, 0.15) is 11.7 Å². The maximum absolute atomic E-state index is 12.2. The molecule has 0 aliphatic carbocycles. The van der Waals surface area contributed by atoms with Gasteiger partial charge in [-0.2, -0.15) is 5.10 Å². The van der Waals surface area contributed by atoms with Crippen molar-refractivity contribution in [2.75, 3.05) is 0 Å². The second kappa shape index (κ2) is 4.06. The van der Waals surface area contributed by atoms with Crippen LogP contribution in [0.2, 0.25) is 0 Å². The lowest BCUT2D eigenvalue weighted by Gasteiger charge is -2.03. The SMILES string of the molecule is Cn1cc2c(=O)n(Cc3ccccn3)cnc2n1. The van der Waals surface area contributed by atoms with E-state index >= 15 is 0 Å². The maximum atomic E-state index is 12.2. The first-order valence-corrected chi connectivity index (χ1v) is 5.53. The third-order valence-electron chi connectivity index (χ3n) is 2.68. The van der Waals surface area contributed by atoms with Crippen molar-refractivity contribution in [2.45, 2.75) is 6.54 Å². The van der Waals surface area contributed by atoms with Crippen LogP contribution in [-0.4, -0.2) is 24.3 Å². The Labute approximate surface area is 103 Å². The van der Waals surface area contributed by atoms with Crippen LogP contribution in [0.1, 0.15) is 5.69 Å². The highest BCUT2D eigenvalue weighted by Crippen LogP contribution is 2.03. The van der Waals surface area contributed by atoms with Crippen molar-refractivity contribution in [1.82, 2.24) is 24.3 Å². The molecule has 3 aromatic heterocycles. The molecule has 0 atom stereocenters. The van der Waals surface area contributed by atoms with E-state index in [1.165, 1.54) is 10.9 Å². The fraction of sp³-hybridized carbons (Fsp3) is 0.167. The fourth-order valence-corrected chi connectivity index (χ4v) is 1.83. The van der Waals surface area contributed by atoms with E-state index in [1.807, 2.05) is 18.2 Å². The summed E-state index contributed by atoms with van der Waals surface area (Å²) in [7, 11) is 1.77. The van der Waals surface area contributed by atoms with E-state index < -0.39 is 0 Å². The summed E-state index contributed by atoms with van der Waals surface area (Å²) in [6, 6.07) is 5.61. The Morgan fingerprint density at radius 2 is 2.17 bits per heavy atom. The predicted octanol–water partition coefficient (Wildman–Crippen LogP) is 0.573. The molecular formula is C12H11N5O. The van der Waals surface area contributed by atoms with Crippen molar-refractivity contribution in [3.05, 3.63) is 53.0 Å². The van der Waals surface area contributed by atoms with Crippen molar-refractivity contribution in [3.8, 4) is 0 Å². The first kappa shape index (κ1) is 10.6. The van der Waals surface area contributed by atoms with Crippen LogP contribution in [-0.2, 0) is 13.6 Å². The molecule has 0 unspecified atom stereocenters. The zero-order valence-corrected chi connectivity index (χ0v) is 9.82. The highest BCUT2D eigenvalue weighted by atomic mass is 16.1. The van der Waals surface area contributed by atoms with Crippen LogP contribution in [0.4, 0.5) is 0 Å². The average molecular weight is 241 g/mol. The van der Waals surface area contributed by atoms with Crippen LogP contribution in [0.3, 0.4) is 0 Å². The molecule has 3 aromatic rings. The van der Waals surface area contributed by atoms with Gasteiger partial charge in [-0.3, -0.25) is 19.0 Å². The molecule has 0 spiro atoms. The van der Waals surface area contributed by atoms with E-state index in [4.69, 9.17) is 0 Å². The monoisotopic (exact) mass is 241 g/mol. The summed E-state index contributed by atoms with van der Waals surface area (Å²) in [6.07, 6.45) is 4.89. The van der Waals surface area contributed by atoms with Gasteiger partial charge in [0.05, 0.1) is 12.2 Å². The van der Waals surface area contributed by atoms with Gasteiger partial charge in [0.15, 0.2) is 5.65 Å². The topological polar surface area (TPSA) is 65.6 Å². The van der Waals surface area contributed by atoms with Gasteiger partial charge in [-0.25, -0.2) is 4.98 Å². The second-order valence-electron chi connectivity index (χ2n) is 4.04. The number of hydrogen-bond donors (Lipinski definition) is 0. The van der Waals surface area contributed by atoms with Crippen molar-refractivity contribution in [3.63, 3.8) is 0 Å². The zero-order chi connectivity index (χ0) is 12.5. The third-order valence-corrected chi connectivity index (χ3v) is 2.68. The normalized spacial score (nSPS) is 10.9. The minimum atomic E-state index is -0.0984. The van der Waals surface area contributed by atoms with Crippen molar-refractivity contribution < 1.29 is 0 Å². The number of rotatable bonds is 2. The Kier molecular flexibility index (Phi) is 2.40. The van der Waals surface area contributed by atoms with Gasteiger partial charge in [-0.05, 0) is 12.1 Å². The van der Waals surface area contributed by atoms with Gasteiger partial charge in [-0.15, -0.1) is 0 Å². The molecule has 0 fully saturated rings. The van der Waals surface area contributed by atoms with Crippen LogP contribution in [0.15, 0.2) is 41.7 Å². The number of pyridine rings is 1. The van der Waals surface area contributed by atoms with E-state index in [9.17, 15) is 4.79 Å². The highest BCUT2D eigenvalue weighted by molar-refractivity contribution is 5.72. The van der Waals surface area contributed by atoms with E-state index in [0.29, 0.717) is 17.6 Å². The molecule has 0 saturated heterocycles. The summed E-state index contributed by atoms with van der Waals surface area (Å²) >= 11 is 0. The summed E-state index contributed by atoms with van der Waals surface area (Å²) < 4.78 is 3.12. The lowest BCUT2D eigenvalue weighted by atomic mass is 10.3. The maximum Gasteiger partial charge on any atom is 0.264 e. The van der Waals surface area contributed by atoms with Crippen molar-refractivity contribution >= 4 is 11.0 Å². The second-order valence-corrected chi connectivity index (χ2v) is 4.04. The minimum Gasteiger partial charge on any atom is -0.292 e. The fourth-order valence-electron chi connectivity index (χ4n) is 1.83. The van der Waals surface area contributed by atoms with E-state index in [1.54, 1.807) is 24.1 Å². The standard InChI is InChI=1S/C12H11N5O/c1-16-7-10-11(15-16)14-8-17(12(10)18)6-9-4-2-3-5-13-9/h2-5,7-8H,6H2,1H3. The van der Waals surface area contributed by atoms with Gasteiger partial charge in [0, 0.05) is 19.4 Å². The highest BCUT2D eigenvalue weighted by Gasteiger charge is 2.07. The van der Waals surface area contributed by atoms with Gasteiger partial charge in [-0.1, -0.05) is 6.07 Å². The molecule has 90 valence electrons. The Balaban J connectivity index is 2.08. The van der Waals surface area contributed by atoms with Crippen LogP contribution >= 0.6 is 0 Å². The molecule has 0 aromatic carbocycles. The molecule has 3 heterocycles. The van der Waals surface area contributed by atoms with E-state index in [2.05, 4.69) is 15.1 Å². The zero-order valence-electron chi connectivity index (χ0n) is 9.82. The number of aryl methyl sites for hydroxylation is 1. The molecule has 0 aliphatic rings. The molecule has 0 bridgehead atoms. The quantitative estimate of drug-likeness (QED) is 0.658. The third kappa shape index (κ3) is 1.77. The van der Waals surface area contributed by atoms with E-state index in [0.717, 1.165) is 5.69 Å². The first-order valence-electron chi connectivity index (χ1n) is 5.53. The van der Waals surface area contributed by atoms with Gasteiger partial charge in [0.2, 0.25) is 0 Å². The number of hydrogen-bond acceptors (Lipinski definition) is 4. The van der Waals surface area contributed by atoms with Crippen molar-refractivity contribution in [1.29, 1.82) is 0 Å². The van der Waals surface area contributed by atoms with Gasteiger partial charge < -0.3 is 0 Å². The Bertz CT molecular complexity index is 744. The minimum absolute atomic E-state index is 0.0984. The molecule has 6 nitrogen and oxygen atoms in total. The smallest absolute Gasteiger partial charge is 0.264 e. The summed E-state index contributed by atoms with van der Waals surface area (Å²) in [5, 5.41) is 4.62. The van der Waals surface area contributed by atoms with Crippen LogP contribution in [0.25, 0.3) is 11.0 Å². The lowest BCUT2D eigenvalue weighted by molar-refractivity contribution is 0.728. The molecule has 0 N–H and O–H groups in total. The van der Waals surface area contributed by atoms with Crippen LogP contribution in [0, 0.1) is 0 Å². The summed E-state index contributed by atoms with van der Waals surface area (Å²) in [6.45, 7) is 0.414. The largest absolute Gasteiger partial charge is 0.292 e. The average Bonchev–Trinajstić information content (AvgIpc) is 2.76. The number of aromatic nitrogens is 5. The van der Waals surface area contributed by atoms with Gasteiger partial charge in [0.25, 0.3) is 5.56 Å². The van der Waals surface area contributed by atoms with E-state index in [-0.39, 0.29) is 5.56 Å². The Hall–Kier alpha value is -2.50. The number of fused-ring (bicyclic) bond motifs is 1.